The van der Waals surface area contributed by atoms with E-state index in [1.165, 1.54) is 7.11 Å². The summed E-state index contributed by atoms with van der Waals surface area (Å²) in [6, 6.07) is -0.654. The number of carbonyl (C=O) groups is 1. The van der Waals surface area contributed by atoms with Gasteiger partial charge in [0.15, 0.2) is 0 Å². The molecule has 0 saturated heterocycles. The van der Waals surface area contributed by atoms with Gasteiger partial charge in [0.05, 0.1) is 13.7 Å². The first-order valence-electron chi connectivity index (χ1n) is 3.21. The molecule has 0 amide bonds. The van der Waals surface area contributed by atoms with Crippen LogP contribution in [0.15, 0.2) is 0 Å². The number of rotatable bonds is 2. The molecule has 0 aliphatic rings. The predicted molar refractivity (Wildman–Crippen MR) is 41.4 cm³/mol. The minimum Gasteiger partial charge on any atom is -0.468 e. The summed E-state index contributed by atoms with van der Waals surface area (Å²) in [7, 11) is 1.29. The molecule has 0 spiro atoms. The molecule has 0 rings (SSSR count). The van der Waals surface area contributed by atoms with Gasteiger partial charge in [0.25, 0.3) is 0 Å². The average Bonchev–Trinajstić information content (AvgIpc) is 2.03. The van der Waals surface area contributed by atoms with Gasteiger partial charge in [-0.05, 0) is 0 Å². The van der Waals surface area contributed by atoms with Crippen LogP contribution in [0.25, 0.3) is 0 Å². The number of hydrogen-bond donors (Lipinski definition) is 2. The zero-order valence-electron chi connectivity index (χ0n) is 6.46. The fraction of sp³-hybridized carbons (Fsp3) is 0.571. The molecule has 0 bridgehead atoms. The normalized spacial score (nSPS) is 11.2. The highest BCUT2D eigenvalue weighted by Gasteiger charge is 2.10. The summed E-state index contributed by atoms with van der Waals surface area (Å²) in [5.41, 5.74) is 10.4. The van der Waals surface area contributed by atoms with Crippen LogP contribution in [0.4, 0.5) is 0 Å². The van der Waals surface area contributed by atoms with E-state index in [9.17, 15) is 4.79 Å². The Morgan fingerprint density at radius 1 is 1.64 bits per heavy atom. The number of hydrogen-bond acceptors (Lipinski definition) is 4. The molecule has 11 heavy (non-hydrogen) atoms. The molecular formula is C7H12N2O2. The summed E-state index contributed by atoms with van der Waals surface area (Å²) in [6.07, 6.45) is 0.296. The van der Waals surface area contributed by atoms with Crippen LogP contribution in [0.3, 0.4) is 0 Å². The van der Waals surface area contributed by atoms with Crippen LogP contribution in [-0.2, 0) is 9.53 Å². The summed E-state index contributed by atoms with van der Waals surface area (Å²) in [6.45, 7) is 0.286. The lowest BCUT2D eigenvalue weighted by molar-refractivity contribution is -0.142. The number of ether oxygens (including phenoxy) is 1. The highest BCUT2D eigenvalue weighted by atomic mass is 16.5. The summed E-state index contributed by atoms with van der Waals surface area (Å²) in [4.78, 5) is 10.7. The largest absolute Gasteiger partial charge is 0.468 e. The molecule has 4 N–H and O–H groups in total. The van der Waals surface area contributed by atoms with Crippen molar-refractivity contribution in [2.75, 3.05) is 13.7 Å². The first kappa shape index (κ1) is 9.95. The lowest BCUT2D eigenvalue weighted by Gasteiger charge is -2.03. The molecule has 62 valence electrons. The SMILES string of the molecule is COC(=O)C(N)CC#CCN. The molecule has 1 unspecified atom stereocenters. The Bertz CT molecular complexity index is 181. The van der Waals surface area contributed by atoms with E-state index < -0.39 is 12.0 Å². The fourth-order valence-electron chi connectivity index (χ4n) is 0.489. The van der Waals surface area contributed by atoms with E-state index in [-0.39, 0.29) is 6.54 Å². The van der Waals surface area contributed by atoms with Gasteiger partial charge < -0.3 is 16.2 Å². The molecule has 0 aromatic carbocycles. The summed E-state index contributed by atoms with van der Waals surface area (Å²) in [5.74, 6) is 4.80. The molecular weight excluding hydrogens is 144 g/mol. The van der Waals surface area contributed by atoms with Gasteiger partial charge in [0.1, 0.15) is 6.04 Å². The van der Waals surface area contributed by atoms with Crippen LogP contribution in [-0.4, -0.2) is 25.7 Å². The zero-order chi connectivity index (χ0) is 8.69. The Morgan fingerprint density at radius 3 is 2.73 bits per heavy atom. The summed E-state index contributed by atoms with van der Waals surface area (Å²) >= 11 is 0. The van der Waals surface area contributed by atoms with Gasteiger partial charge in [-0.3, -0.25) is 4.79 Å². The molecule has 0 aliphatic heterocycles. The van der Waals surface area contributed by atoms with E-state index in [0.717, 1.165) is 0 Å². The first-order chi connectivity index (χ1) is 5.22. The highest BCUT2D eigenvalue weighted by molar-refractivity contribution is 5.75. The van der Waals surface area contributed by atoms with Gasteiger partial charge in [-0.15, -0.1) is 0 Å². The minimum absolute atomic E-state index is 0.286. The molecule has 0 heterocycles. The second-order valence-electron chi connectivity index (χ2n) is 1.89. The van der Waals surface area contributed by atoms with Crippen molar-refractivity contribution in [3.8, 4) is 11.8 Å². The van der Waals surface area contributed by atoms with Crippen LogP contribution in [0, 0.1) is 11.8 Å². The summed E-state index contributed by atoms with van der Waals surface area (Å²) < 4.78 is 4.38. The van der Waals surface area contributed by atoms with Crippen LogP contribution in [0.1, 0.15) is 6.42 Å². The van der Waals surface area contributed by atoms with Crippen molar-refractivity contribution < 1.29 is 9.53 Å². The maximum Gasteiger partial charge on any atom is 0.323 e. The van der Waals surface area contributed by atoms with Crippen molar-refractivity contribution in [2.24, 2.45) is 11.5 Å². The minimum atomic E-state index is -0.654. The quantitative estimate of drug-likeness (QED) is 0.390. The molecule has 0 radical (unpaired) electrons. The number of esters is 1. The molecule has 0 aliphatic carbocycles. The summed E-state index contributed by atoms with van der Waals surface area (Å²) in [5, 5.41) is 0. The molecule has 4 heteroatoms. The van der Waals surface area contributed by atoms with Crippen molar-refractivity contribution in [3.05, 3.63) is 0 Å². The Hall–Kier alpha value is -1.05. The van der Waals surface area contributed by atoms with Crippen LogP contribution in [0.5, 0.6) is 0 Å². The maximum atomic E-state index is 10.7. The van der Waals surface area contributed by atoms with Gasteiger partial charge in [0, 0.05) is 6.42 Å². The van der Waals surface area contributed by atoms with E-state index in [2.05, 4.69) is 16.6 Å². The van der Waals surface area contributed by atoms with Crippen LogP contribution in [0.2, 0.25) is 0 Å². The number of nitrogens with two attached hydrogens (primary N) is 2. The molecule has 0 aromatic rings. The zero-order valence-corrected chi connectivity index (χ0v) is 6.46. The van der Waals surface area contributed by atoms with E-state index in [1.807, 2.05) is 0 Å². The van der Waals surface area contributed by atoms with Gasteiger partial charge in [-0.25, -0.2) is 0 Å². The lowest BCUT2D eigenvalue weighted by Crippen LogP contribution is -2.30. The number of carbonyl (C=O) groups excluding carboxylic acids is 1. The van der Waals surface area contributed by atoms with Crippen molar-refractivity contribution in [1.82, 2.24) is 0 Å². The average molecular weight is 156 g/mol. The fourth-order valence-corrected chi connectivity index (χ4v) is 0.489. The highest BCUT2D eigenvalue weighted by Crippen LogP contribution is 1.87. The van der Waals surface area contributed by atoms with Crippen molar-refractivity contribution in [2.45, 2.75) is 12.5 Å². The number of methoxy groups -OCH3 is 1. The Labute approximate surface area is 65.9 Å². The third kappa shape index (κ3) is 4.37. The lowest BCUT2D eigenvalue weighted by atomic mass is 10.2. The van der Waals surface area contributed by atoms with Gasteiger partial charge in [0.2, 0.25) is 0 Å². The van der Waals surface area contributed by atoms with E-state index in [0.29, 0.717) is 6.42 Å². The molecule has 4 nitrogen and oxygen atoms in total. The van der Waals surface area contributed by atoms with E-state index in [1.54, 1.807) is 0 Å². The van der Waals surface area contributed by atoms with Crippen molar-refractivity contribution in [1.29, 1.82) is 0 Å². The first-order valence-corrected chi connectivity index (χ1v) is 3.21. The standard InChI is InChI=1S/C7H12N2O2/c1-11-7(10)6(9)4-2-3-5-8/h6H,4-5,8-9H2,1H3. The Kier molecular flexibility index (Phi) is 5.17. The third-order valence-corrected chi connectivity index (χ3v) is 1.05. The molecule has 1 atom stereocenters. The topological polar surface area (TPSA) is 78.3 Å². The van der Waals surface area contributed by atoms with Crippen molar-refractivity contribution in [3.63, 3.8) is 0 Å². The Morgan fingerprint density at radius 2 is 2.27 bits per heavy atom. The molecule has 0 saturated carbocycles. The van der Waals surface area contributed by atoms with Gasteiger partial charge in [-0.2, -0.15) is 0 Å². The third-order valence-electron chi connectivity index (χ3n) is 1.05. The van der Waals surface area contributed by atoms with E-state index >= 15 is 0 Å². The molecule has 0 fully saturated rings. The second kappa shape index (κ2) is 5.71. The van der Waals surface area contributed by atoms with Crippen LogP contribution >= 0.6 is 0 Å². The Balaban J connectivity index is 3.68. The smallest absolute Gasteiger partial charge is 0.323 e. The van der Waals surface area contributed by atoms with Crippen molar-refractivity contribution >= 4 is 5.97 Å². The van der Waals surface area contributed by atoms with Gasteiger partial charge >= 0.3 is 5.97 Å². The molecule has 0 aromatic heterocycles. The second-order valence-corrected chi connectivity index (χ2v) is 1.89. The maximum absolute atomic E-state index is 10.7. The van der Waals surface area contributed by atoms with Crippen LogP contribution < -0.4 is 11.5 Å². The van der Waals surface area contributed by atoms with Gasteiger partial charge in [-0.1, -0.05) is 11.8 Å². The predicted octanol–water partition coefficient (Wildman–Crippen LogP) is -1.16. The monoisotopic (exact) mass is 156 g/mol. The van der Waals surface area contributed by atoms with E-state index in [4.69, 9.17) is 11.5 Å².